The molecule has 3 N–H and O–H groups in total. The summed E-state index contributed by atoms with van der Waals surface area (Å²) in [5, 5.41) is 7.83. The maximum absolute atomic E-state index is 11.5. The van der Waals surface area contributed by atoms with E-state index in [1.54, 1.807) is 30.3 Å². The Hall–Kier alpha value is -2.05. The molecule has 0 saturated carbocycles. The number of halogens is 1. The van der Waals surface area contributed by atoms with E-state index in [1.165, 1.54) is 12.1 Å². The van der Waals surface area contributed by atoms with Gasteiger partial charge >= 0.3 is 0 Å². The van der Waals surface area contributed by atoms with Gasteiger partial charge in [0.1, 0.15) is 17.3 Å². The van der Waals surface area contributed by atoms with Crippen LogP contribution in [0.5, 0.6) is 11.5 Å². The first-order valence-electron chi connectivity index (χ1n) is 5.90. The van der Waals surface area contributed by atoms with Gasteiger partial charge in [-0.2, -0.15) is 0 Å². The smallest absolute Gasteiger partial charge is 0.175 e. The van der Waals surface area contributed by atoms with Crippen molar-refractivity contribution in [3.8, 4) is 11.5 Å². The summed E-state index contributed by atoms with van der Waals surface area (Å²) in [6.07, 6.45) is 1.12. The van der Waals surface area contributed by atoms with E-state index in [1.807, 2.05) is 0 Å². The fourth-order valence-corrected chi connectivity index (χ4v) is 2.67. The third-order valence-corrected chi connectivity index (χ3v) is 4.13. The van der Waals surface area contributed by atoms with E-state index in [9.17, 15) is 8.42 Å². The lowest BCUT2D eigenvalue weighted by Gasteiger charge is -2.12. The summed E-state index contributed by atoms with van der Waals surface area (Å²) in [7, 11) is -3.33. The second kappa shape index (κ2) is 5.75. The molecule has 0 atom stereocenters. The minimum Gasteiger partial charge on any atom is -0.457 e. The molecule has 0 aliphatic carbocycles. The molecular formula is C14H13ClN2O3S. The molecule has 0 heterocycles. The van der Waals surface area contributed by atoms with Crippen molar-refractivity contribution in [2.24, 2.45) is 5.73 Å². The average Bonchev–Trinajstić information content (AvgIpc) is 2.37. The minimum atomic E-state index is -3.33. The molecule has 0 aliphatic heterocycles. The Kier molecular flexibility index (Phi) is 4.20. The third-order valence-electron chi connectivity index (χ3n) is 2.71. The van der Waals surface area contributed by atoms with E-state index in [0.29, 0.717) is 16.5 Å². The highest BCUT2D eigenvalue weighted by atomic mass is 35.5. The molecule has 21 heavy (non-hydrogen) atoms. The van der Waals surface area contributed by atoms with E-state index in [-0.39, 0.29) is 16.3 Å². The standard InChI is InChI=1S/C14H13ClN2O3S/c1-21(18,19)10-5-2-4-9(8-10)20-12-7-3-6-11(15)13(12)14(16)17/h2-8H,1H3,(H3,16,17). The zero-order valence-electron chi connectivity index (χ0n) is 11.1. The molecule has 0 bridgehead atoms. The lowest BCUT2D eigenvalue weighted by molar-refractivity contribution is 0.479. The van der Waals surface area contributed by atoms with E-state index < -0.39 is 9.84 Å². The molecule has 0 unspecified atom stereocenters. The Labute approximate surface area is 127 Å². The number of ether oxygens (including phenoxy) is 1. The summed E-state index contributed by atoms with van der Waals surface area (Å²) in [6.45, 7) is 0. The highest BCUT2D eigenvalue weighted by Gasteiger charge is 2.13. The van der Waals surface area contributed by atoms with E-state index in [4.69, 9.17) is 27.5 Å². The van der Waals surface area contributed by atoms with Crippen LogP contribution in [0.25, 0.3) is 0 Å². The van der Waals surface area contributed by atoms with Gasteiger partial charge in [-0.3, -0.25) is 5.41 Å². The molecule has 0 spiro atoms. The van der Waals surface area contributed by atoms with Crippen LogP contribution >= 0.6 is 11.6 Å². The largest absolute Gasteiger partial charge is 0.457 e. The monoisotopic (exact) mass is 324 g/mol. The highest BCUT2D eigenvalue weighted by molar-refractivity contribution is 7.90. The van der Waals surface area contributed by atoms with Crippen LogP contribution in [0.4, 0.5) is 0 Å². The quantitative estimate of drug-likeness (QED) is 0.668. The molecule has 110 valence electrons. The summed E-state index contributed by atoms with van der Waals surface area (Å²) in [4.78, 5) is 0.145. The molecule has 0 radical (unpaired) electrons. The SMILES string of the molecule is CS(=O)(=O)c1cccc(Oc2cccc(Cl)c2C(=N)N)c1. The normalized spacial score (nSPS) is 11.1. The predicted octanol–water partition coefficient (Wildman–Crippen LogP) is 2.82. The van der Waals surface area contributed by atoms with Crippen LogP contribution in [0.1, 0.15) is 5.56 Å². The molecule has 0 amide bonds. The summed E-state index contributed by atoms with van der Waals surface area (Å²) in [6, 6.07) is 10.9. The number of amidine groups is 1. The molecule has 0 fully saturated rings. The lowest BCUT2D eigenvalue weighted by atomic mass is 10.2. The minimum absolute atomic E-state index is 0.145. The van der Waals surface area contributed by atoms with Crippen LogP contribution in [0, 0.1) is 5.41 Å². The number of sulfone groups is 1. The Morgan fingerprint density at radius 3 is 2.52 bits per heavy atom. The van der Waals surface area contributed by atoms with E-state index >= 15 is 0 Å². The van der Waals surface area contributed by atoms with Crippen molar-refractivity contribution in [3.05, 3.63) is 53.1 Å². The first kappa shape index (κ1) is 15.3. The van der Waals surface area contributed by atoms with Gasteiger partial charge in [-0.15, -0.1) is 0 Å². The molecule has 2 aromatic carbocycles. The van der Waals surface area contributed by atoms with Crippen molar-refractivity contribution >= 4 is 27.3 Å². The van der Waals surface area contributed by atoms with Gasteiger partial charge in [0.05, 0.1) is 15.5 Å². The summed E-state index contributed by atoms with van der Waals surface area (Å²) < 4.78 is 28.7. The van der Waals surface area contributed by atoms with E-state index in [2.05, 4.69) is 0 Å². The second-order valence-corrected chi connectivity index (χ2v) is 6.80. The number of hydrogen-bond acceptors (Lipinski definition) is 4. The Bertz CT molecular complexity index is 804. The lowest BCUT2D eigenvalue weighted by Crippen LogP contribution is -2.13. The van der Waals surface area contributed by atoms with Crippen LogP contribution in [0.2, 0.25) is 5.02 Å². The van der Waals surface area contributed by atoms with Crippen LogP contribution < -0.4 is 10.5 Å². The zero-order chi connectivity index (χ0) is 15.6. The summed E-state index contributed by atoms with van der Waals surface area (Å²) in [5.41, 5.74) is 5.76. The number of nitrogens with two attached hydrogens (primary N) is 1. The molecule has 5 nitrogen and oxygen atoms in total. The van der Waals surface area contributed by atoms with Crippen molar-refractivity contribution < 1.29 is 13.2 Å². The van der Waals surface area contributed by atoms with Gasteiger partial charge in [0, 0.05) is 6.26 Å². The van der Waals surface area contributed by atoms with Crippen molar-refractivity contribution in [1.82, 2.24) is 0 Å². The Morgan fingerprint density at radius 1 is 1.24 bits per heavy atom. The number of rotatable bonds is 4. The molecule has 2 aromatic rings. The summed E-state index contributed by atoms with van der Waals surface area (Å²) >= 11 is 6.00. The number of hydrogen-bond donors (Lipinski definition) is 2. The van der Waals surface area contributed by atoms with Crippen LogP contribution in [0.3, 0.4) is 0 Å². The number of nitrogens with one attached hydrogen (secondary N) is 1. The topological polar surface area (TPSA) is 93.2 Å². The molecule has 0 aliphatic rings. The molecule has 0 saturated heterocycles. The Morgan fingerprint density at radius 2 is 1.90 bits per heavy atom. The third kappa shape index (κ3) is 3.53. The average molecular weight is 325 g/mol. The van der Waals surface area contributed by atoms with Gasteiger partial charge in [-0.25, -0.2) is 8.42 Å². The van der Waals surface area contributed by atoms with Crippen molar-refractivity contribution in [2.75, 3.05) is 6.26 Å². The summed E-state index contributed by atoms with van der Waals surface area (Å²) in [5.74, 6) is 0.387. The molecule has 2 rings (SSSR count). The number of nitrogen functional groups attached to an aromatic ring is 1. The maximum atomic E-state index is 11.5. The van der Waals surface area contributed by atoms with Gasteiger partial charge in [0.15, 0.2) is 9.84 Å². The van der Waals surface area contributed by atoms with E-state index in [0.717, 1.165) is 6.26 Å². The van der Waals surface area contributed by atoms with Crippen molar-refractivity contribution in [2.45, 2.75) is 4.90 Å². The zero-order valence-corrected chi connectivity index (χ0v) is 12.7. The fourth-order valence-electron chi connectivity index (χ4n) is 1.75. The highest BCUT2D eigenvalue weighted by Crippen LogP contribution is 2.30. The molecule has 0 aromatic heterocycles. The maximum Gasteiger partial charge on any atom is 0.175 e. The fraction of sp³-hybridized carbons (Fsp3) is 0.0714. The van der Waals surface area contributed by atoms with Crippen LogP contribution in [-0.4, -0.2) is 20.5 Å². The van der Waals surface area contributed by atoms with Crippen molar-refractivity contribution in [3.63, 3.8) is 0 Å². The van der Waals surface area contributed by atoms with Gasteiger partial charge < -0.3 is 10.5 Å². The van der Waals surface area contributed by atoms with Gasteiger partial charge in [-0.1, -0.05) is 23.7 Å². The van der Waals surface area contributed by atoms with Gasteiger partial charge in [-0.05, 0) is 30.3 Å². The van der Waals surface area contributed by atoms with Crippen molar-refractivity contribution in [1.29, 1.82) is 5.41 Å². The van der Waals surface area contributed by atoms with Gasteiger partial charge in [0.2, 0.25) is 0 Å². The molecule has 7 heteroatoms. The second-order valence-electron chi connectivity index (χ2n) is 4.38. The first-order valence-corrected chi connectivity index (χ1v) is 8.17. The predicted molar refractivity (Wildman–Crippen MR) is 82.1 cm³/mol. The van der Waals surface area contributed by atoms with Gasteiger partial charge in [0.25, 0.3) is 0 Å². The van der Waals surface area contributed by atoms with Crippen LogP contribution in [-0.2, 0) is 9.84 Å². The first-order chi connectivity index (χ1) is 9.79. The number of benzene rings is 2. The molecular weight excluding hydrogens is 312 g/mol. The van der Waals surface area contributed by atoms with Crippen LogP contribution in [0.15, 0.2) is 47.4 Å². The Balaban J connectivity index is 2.44.